The van der Waals surface area contributed by atoms with E-state index in [9.17, 15) is 9.59 Å². The summed E-state index contributed by atoms with van der Waals surface area (Å²) in [4.78, 5) is 26.8. The fourth-order valence-electron chi connectivity index (χ4n) is 2.93. The average Bonchev–Trinajstić information content (AvgIpc) is 2.97. The lowest BCUT2D eigenvalue weighted by molar-refractivity contribution is -0.123. The molecule has 0 saturated carbocycles. The van der Waals surface area contributed by atoms with Gasteiger partial charge in [-0.05, 0) is 66.6 Å². The Bertz CT molecular complexity index is 960. The van der Waals surface area contributed by atoms with Crippen molar-refractivity contribution in [2.75, 3.05) is 13.2 Å². The number of thioether (sulfide) groups is 1. The van der Waals surface area contributed by atoms with Crippen LogP contribution >= 0.6 is 23.4 Å². The third-order valence-electron chi connectivity index (χ3n) is 4.42. The second-order valence-corrected chi connectivity index (χ2v) is 8.17. The van der Waals surface area contributed by atoms with Crippen LogP contribution in [-0.4, -0.2) is 29.3 Å². The molecule has 0 spiro atoms. The Hall–Kier alpha value is -2.44. The monoisotopic (exact) mass is 445 g/mol. The van der Waals surface area contributed by atoms with Crippen LogP contribution in [0.5, 0.6) is 11.5 Å². The predicted octanol–water partition coefficient (Wildman–Crippen LogP) is 6.15. The Labute approximate surface area is 186 Å². The summed E-state index contributed by atoms with van der Waals surface area (Å²) < 4.78 is 11.5. The highest BCUT2D eigenvalue weighted by Crippen LogP contribution is 2.35. The summed E-state index contributed by atoms with van der Waals surface area (Å²) in [6.07, 6.45) is 3.72. The summed E-state index contributed by atoms with van der Waals surface area (Å²) in [7, 11) is 0. The van der Waals surface area contributed by atoms with Gasteiger partial charge >= 0.3 is 0 Å². The predicted molar refractivity (Wildman–Crippen MR) is 121 cm³/mol. The maximum Gasteiger partial charge on any atom is 0.293 e. The van der Waals surface area contributed by atoms with Gasteiger partial charge in [0.25, 0.3) is 11.1 Å². The van der Waals surface area contributed by atoms with E-state index in [0.717, 1.165) is 35.7 Å². The number of benzene rings is 2. The van der Waals surface area contributed by atoms with Gasteiger partial charge in [-0.25, -0.2) is 0 Å². The van der Waals surface area contributed by atoms with E-state index in [-0.39, 0.29) is 17.7 Å². The minimum atomic E-state index is -0.314. The highest BCUT2D eigenvalue weighted by atomic mass is 35.5. The van der Waals surface area contributed by atoms with Gasteiger partial charge in [0.05, 0.1) is 24.7 Å². The van der Waals surface area contributed by atoms with Crippen LogP contribution in [0, 0.1) is 0 Å². The molecule has 2 aromatic carbocycles. The van der Waals surface area contributed by atoms with Crippen LogP contribution in [-0.2, 0) is 11.3 Å². The van der Waals surface area contributed by atoms with E-state index in [1.165, 1.54) is 4.90 Å². The number of unbranched alkanes of at least 4 members (excludes halogenated alkanes) is 1. The molecule has 30 heavy (non-hydrogen) atoms. The molecule has 0 bridgehead atoms. The smallest absolute Gasteiger partial charge is 0.293 e. The van der Waals surface area contributed by atoms with Crippen LogP contribution in [0.3, 0.4) is 0 Å². The molecule has 0 radical (unpaired) electrons. The van der Waals surface area contributed by atoms with Crippen molar-refractivity contribution in [1.82, 2.24) is 4.90 Å². The molecule has 7 heteroatoms. The number of carbonyl (C=O) groups is 2. The Morgan fingerprint density at radius 1 is 1.07 bits per heavy atom. The van der Waals surface area contributed by atoms with Crippen molar-refractivity contribution < 1.29 is 19.1 Å². The Balaban J connectivity index is 1.78. The maximum absolute atomic E-state index is 12.8. The molecular formula is C23H24ClNO4S. The van der Waals surface area contributed by atoms with E-state index < -0.39 is 0 Å². The first kappa shape index (κ1) is 22.2. The van der Waals surface area contributed by atoms with E-state index in [0.29, 0.717) is 34.6 Å². The summed E-state index contributed by atoms with van der Waals surface area (Å²) in [5.74, 6) is 0.989. The molecule has 1 aliphatic rings. The van der Waals surface area contributed by atoms with Crippen LogP contribution in [0.1, 0.15) is 37.8 Å². The van der Waals surface area contributed by atoms with Crippen molar-refractivity contribution in [1.29, 1.82) is 0 Å². The van der Waals surface area contributed by atoms with Crippen LogP contribution in [0.4, 0.5) is 4.79 Å². The topological polar surface area (TPSA) is 55.8 Å². The van der Waals surface area contributed by atoms with Gasteiger partial charge in [-0.2, -0.15) is 0 Å². The second-order valence-electron chi connectivity index (χ2n) is 6.74. The van der Waals surface area contributed by atoms with Crippen LogP contribution < -0.4 is 9.47 Å². The highest BCUT2D eigenvalue weighted by Gasteiger charge is 2.35. The normalized spacial score (nSPS) is 15.2. The molecule has 0 aliphatic carbocycles. The Morgan fingerprint density at radius 2 is 1.90 bits per heavy atom. The first-order chi connectivity index (χ1) is 14.5. The standard InChI is InChI=1S/C23H24ClNO4S/c1-3-5-11-29-19-10-9-16(13-20(19)28-4-2)14-21-22(26)25(23(27)30-21)15-17-7-6-8-18(24)12-17/h6-10,12-14H,3-5,11,15H2,1-2H3/b21-14-. The summed E-state index contributed by atoms with van der Waals surface area (Å²) in [6, 6.07) is 12.7. The number of ether oxygens (including phenoxy) is 2. The van der Waals surface area contributed by atoms with Gasteiger partial charge in [-0.1, -0.05) is 43.1 Å². The quantitative estimate of drug-likeness (QED) is 0.342. The molecule has 0 unspecified atom stereocenters. The molecule has 2 amide bonds. The molecule has 0 aromatic heterocycles. The molecule has 0 atom stereocenters. The third kappa shape index (κ3) is 5.58. The van der Waals surface area contributed by atoms with Gasteiger partial charge in [0.2, 0.25) is 0 Å². The van der Waals surface area contributed by atoms with Crippen molar-refractivity contribution in [3.8, 4) is 11.5 Å². The van der Waals surface area contributed by atoms with Crippen molar-refractivity contribution in [3.63, 3.8) is 0 Å². The lowest BCUT2D eigenvalue weighted by Gasteiger charge is -2.13. The van der Waals surface area contributed by atoms with Crippen molar-refractivity contribution in [2.45, 2.75) is 33.2 Å². The van der Waals surface area contributed by atoms with E-state index in [2.05, 4.69) is 6.92 Å². The fraction of sp³-hybridized carbons (Fsp3) is 0.304. The van der Waals surface area contributed by atoms with E-state index in [1.54, 1.807) is 24.3 Å². The second kappa shape index (κ2) is 10.5. The summed E-state index contributed by atoms with van der Waals surface area (Å²) >= 11 is 6.94. The number of hydrogen-bond donors (Lipinski definition) is 0. The van der Waals surface area contributed by atoms with Gasteiger partial charge < -0.3 is 9.47 Å². The molecular weight excluding hydrogens is 422 g/mol. The first-order valence-corrected chi connectivity index (χ1v) is 11.1. The van der Waals surface area contributed by atoms with Gasteiger partial charge in [-0.3, -0.25) is 14.5 Å². The third-order valence-corrected chi connectivity index (χ3v) is 5.57. The zero-order valence-electron chi connectivity index (χ0n) is 17.0. The minimum Gasteiger partial charge on any atom is -0.490 e. The number of imide groups is 1. The molecule has 2 aromatic rings. The SMILES string of the molecule is CCCCOc1ccc(/C=C2\SC(=O)N(Cc3cccc(Cl)c3)C2=O)cc1OCC. The fourth-order valence-corrected chi connectivity index (χ4v) is 3.99. The Morgan fingerprint density at radius 3 is 2.63 bits per heavy atom. The number of carbonyl (C=O) groups excluding carboxylic acids is 2. The van der Waals surface area contributed by atoms with E-state index in [4.69, 9.17) is 21.1 Å². The van der Waals surface area contributed by atoms with Crippen molar-refractivity contribution in [3.05, 3.63) is 63.5 Å². The van der Waals surface area contributed by atoms with Crippen molar-refractivity contribution in [2.24, 2.45) is 0 Å². The van der Waals surface area contributed by atoms with Gasteiger partial charge in [0, 0.05) is 5.02 Å². The number of hydrogen-bond acceptors (Lipinski definition) is 5. The highest BCUT2D eigenvalue weighted by molar-refractivity contribution is 8.18. The molecule has 0 N–H and O–H groups in total. The average molecular weight is 446 g/mol. The van der Waals surface area contributed by atoms with Crippen LogP contribution in [0.15, 0.2) is 47.4 Å². The molecule has 1 aliphatic heterocycles. The van der Waals surface area contributed by atoms with E-state index >= 15 is 0 Å². The van der Waals surface area contributed by atoms with Gasteiger partial charge in [0.15, 0.2) is 11.5 Å². The first-order valence-electron chi connectivity index (χ1n) is 9.91. The van der Waals surface area contributed by atoms with Crippen LogP contribution in [0.2, 0.25) is 5.02 Å². The molecule has 158 valence electrons. The number of halogens is 1. The zero-order valence-corrected chi connectivity index (χ0v) is 18.6. The Kier molecular flexibility index (Phi) is 7.82. The van der Waals surface area contributed by atoms with Gasteiger partial charge in [0.1, 0.15) is 0 Å². The minimum absolute atomic E-state index is 0.191. The summed E-state index contributed by atoms with van der Waals surface area (Å²) in [6.45, 7) is 5.33. The van der Waals surface area contributed by atoms with Gasteiger partial charge in [-0.15, -0.1) is 0 Å². The summed E-state index contributed by atoms with van der Waals surface area (Å²) in [5.41, 5.74) is 1.58. The molecule has 1 fully saturated rings. The lowest BCUT2D eigenvalue weighted by atomic mass is 10.1. The molecule has 5 nitrogen and oxygen atoms in total. The molecule has 3 rings (SSSR count). The number of rotatable bonds is 9. The zero-order chi connectivity index (χ0) is 21.5. The van der Waals surface area contributed by atoms with Crippen LogP contribution in [0.25, 0.3) is 6.08 Å². The number of nitrogens with zero attached hydrogens (tertiary/aromatic N) is 1. The molecule has 1 heterocycles. The van der Waals surface area contributed by atoms with E-state index in [1.807, 2.05) is 31.2 Å². The summed E-state index contributed by atoms with van der Waals surface area (Å²) in [5, 5.41) is 0.274. The van der Waals surface area contributed by atoms with Crippen molar-refractivity contribution >= 4 is 40.6 Å². The maximum atomic E-state index is 12.8. The largest absolute Gasteiger partial charge is 0.490 e. The number of amides is 2. The lowest BCUT2D eigenvalue weighted by Crippen LogP contribution is -2.27. The molecule has 1 saturated heterocycles.